The summed E-state index contributed by atoms with van der Waals surface area (Å²) >= 11 is 0. The van der Waals surface area contributed by atoms with Crippen molar-refractivity contribution in [1.29, 1.82) is 0 Å². The quantitative estimate of drug-likeness (QED) is 0.818. The van der Waals surface area contributed by atoms with Crippen LogP contribution in [-0.4, -0.2) is 9.97 Å². The molecule has 1 aromatic carbocycles. The van der Waals surface area contributed by atoms with E-state index >= 15 is 0 Å². The Bertz CT molecular complexity index is 553. The maximum Gasteiger partial charge on any atom is 0.106 e. The number of imidazole rings is 1. The van der Waals surface area contributed by atoms with E-state index in [1.54, 1.807) is 0 Å². The lowest BCUT2D eigenvalue weighted by molar-refractivity contribution is 0.337. The van der Waals surface area contributed by atoms with Crippen molar-refractivity contribution in [3.8, 4) is 11.3 Å². The molecule has 0 radical (unpaired) electrons. The molecule has 0 saturated heterocycles. The van der Waals surface area contributed by atoms with E-state index in [1.807, 2.05) is 24.4 Å². The summed E-state index contributed by atoms with van der Waals surface area (Å²) in [5.74, 6) is 2.01. The fourth-order valence-electron chi connectivity index (χ4n) is 3.16. The average molecular weight is 269 g/mol. The zero-order chi connectivity index (χ0) is 13.8. The molecule has 1 fully saturated rings. The molecule has 1 heterocycles. The summed E-state index contributed by atoms with van der Waals surface area (Å²) in [6, 6.07) is 7.93. The van der Waals surface area contributed by atoms with E-state index in [4.69, 9.17) is 5.73 Å². The van der Waals surface area contributed by atoms with E-state index in [0.717, 1.165) is 35.1 Å². The van der Waals surface area contributed by atoms with Crippen LogP contribution in [-0.2, 0) is 6.42 Å². The van der Waals surface area contributed by atoms with Crippen molar-refractivity contribution in [3.63, 3.8) is 0 Å². The third kappa shape index (κ3) is 3.21. The smallest absolute Gasteiger partial charge is 0.106 e. The van der Waals surface area contributed by atoms with E-state index in [2.05, 4.69) is 16.0 Å². The predicted octanol–water partition coefficient (Wildman–Crippen LogP) is 4.17. The zero-order valence-electron chi connectivity index (χ0n) is 11.9. The number of H-pyrrole nitrogens is 1. The number of aromatic nitrogens is 2. The van der Waals surface area contributed by atoms with Crippen LogP contribution in [0, 0.1) is 5.92 Å². The highest BCUT2D eigenvalue weighted by atomic mass is 14.9. The first-order valence-corrected chi connectivity index (χ1v) is 7.71. The first kappa shape index (κ1) is 13.2. The first-order valence-electron chi connectivity index (χ1n) is 7.71. The Morgan fingerprint density at radius 1 is 1.20 bits per heavy atom. The fourth-order valence-corrected chi connectivity index (χ4v) is 3.16. The second-order valence-electron chi connectivity index (χ2n) is 5.91. The van der Waals surface area contributed by atoms with Crippen molar-refractivity contribution in [2.24, 2.45) is 5.92 Å². The fraction of sp³-hybridized carbons (Fsp3) is 0.471. The van der Waals surface area contributed by atoms with E-state index in [-0.39, 0.29) is 0 Å². The first-order chi connectivity index (χ1) is 9.81. The molecule has 3 nitrogen and oxygen atoms in total. The van der Waals surface area contributed by atoms with Crippen molar-refractivity contribution >= 4 is 5.69 Å². The van der Waals surface area contributed by atoms with Crippen LogP contribution in [0.25, 0.3) is 11.3 Å². The Morgan fingerprint density at radius 2 is 2.05 bits per heavy atom. The molecule has 0 amide bonds. The lowest BCUT2D eigenvalue weighted by atomic mass is 9.86. The molecular formula is C17H23N3. The number of nitrogens with zero attached hydrogens (tertiary/aromatic N) is 1. The third-order valence-corrected chi connectivity index (χ3v) is 4.34. The number of aryl methyl sites for hydroxylation is 1. The summed E-state index contributed by atoms with van der Waals surface area (Å²) in [5.41, 5.74) is 8.80. The van der Waals surface area contributed by atoms with Crippen LogP contribution in [0.15, 0.2) is 30.5 Å². The summed E-state index contributed by atoms with van der Waals surface area (Å²) in [6.45, 7) is 0. The molecule has 0 aliphatic heterocycles. The van der Waals surface area contributed by atoms with Crippen molar-refractivity contribution < 1.29 is 0 Å². The standard InChI is InChI=1S/C17H23N3/c18-15-8-4-7-14(11-15)16-12-19-17(20-16)10-9-13-5-2-1-3-6-13/h4,7-8,11-13H,1-3,5-6,9-10,18H2,(H,19,20). The topological polar surface area (TPSA) is 54.7 Å². The van der Waals surface area contributed by atoms with Crippen LogP contribution >= 0.6 is 0 Å². The summed E-state index contributed by atoms with van der Waals surface area (Å²) in [5, 5.41) is 0. The van der Waals surface area contributed by atoms with Crippen molar-refractivity contribution in [1.82, 2.24) is 9.97 Å². The Labute approximate surface area is 120 Å². The summed E-state index contributed by atoms with van der Waals surface area (Å²) in [4.78, 5) is 7.94. The van der Waals surface area contributed by atoms with Gasteiger partial charge in [0, 0.05) is 17.7 Å². The van der Waals surface area contributed by atoms with Gasteiger partial charge in [-0.3, -0.25) is 0 Å². The Morgan fingerprint density at radius 3 is 2.85 bits per heavy atom. The van der Waals surface area contributed by atoms with Crippen LogP contribution in [0.5, 0.6) is 0 Å². The summed E-state index contributed by atoms with van der Waals surface area (Å²) in [6.07, 6.45) is 11.3. The highest BCUT2D eigenvalue weighted by molar-refractivity contribution is 5.63. The van der Waals surface area contributed by atoms with E-state index in [0.29, 0.717) is 0 Å². The zero-order valence-corrected chi connectivity index (χ0v) is 11.9. The molecule has 0 bridgehead atoms. The molecule has 0 atom stereocenters. The van der Waals surface area contributed by atoms with Crippen LogP contribution in [0.2, 0.25) is 0 Å². The van der Waals surface area contributed by atoms with Crippen LogP contribution in [0.3, 0.4) is 0 Å². The molecule has 106 valence electrons. The van der Waals surface area contributed by atoms with Gasteiger partial charge >= 0.3 is 0 Å². The minimum Gasteiger partial charge on any atom is -0.399 e. The van der Waals surface area contributed by atoms with Gasteiger partial charge in [0.15, 0.2) is 0 Å². The molecule has 1 saturated carbocycles. The number of aromatic amines is 1. The number of benzene rings is 1. The highest BCUT2D eigenvalue weighted by Gasteiger charge is 2.14. The van der Waals surface area contributed by atoms with Gasteiger partial charge in [-0.2, -0.15) is 0 Å². The van der Waals surface area contributed by atoms with Gasteiger partial charge in [0.25, 0.3) is 0 Å². The van der Waals surface area contributed by atoms with Gasteiger partial charge in [-0.1, -0.05) is 44.2 Å². The van der Waals surface area contributed by atoms with Crippen LogP contribution in [0.4, 0.5) is 5.69 Å². The monoisotopic (exact) mass is 269 g/mol. The Hall–Kier alpha value is -1.77. The Kier molecular flexibility index (Phi) is 4.05. The number of nitrogen functional groups attached to an aromatic ring is 1. The van der Waals surface area contributed by atoms with Crippen molar-refractivity contribution in [3.05, 3.63) is 36.3 Å². The van der Waals surface area contributed by atoms with E-state index in [9.17, 15) is 0 Å². The number of nitrogens with two attached hydrogens (primary N) is 1. The van der Waals surface area contributed by atoms with Crippen molar-refractivity contribution in [2.45, 2.75) is 44.9 Å². The minimum atomic E-state index is 0.792. The van der Waals surface area contributed by atoms with Gasteiger partial charge in [0.05, 0.1) is 11.9 Å². The molecule has 3 rings (SSSR count). The normalized spacial score (nSPS) is 16.4. The molecule has 20 heavy (non-hydrogen) atoms. The number of nitrogens with one attached hydrogen (secondary N) is 1. The maximum absolute atomic E-state index is 5.82. The number of rotatable bonds is 4. The number of hydrogen-bond donors (Lipinski definition) is 2. The van der Waals surface area contributed by atoms with Gasteiger partial charge < -0.3 is 10.7 Å². The molecule has 1 aromatic heterocycles. The van der Waals surface area contributed by atoms with E-state index in [1.165, 1.54) is 38.5 Å². The molecule has 3 N–H and O–H groups in total. The lowest BCUT2D eigenvalue weighted by Gasteiger charge is -2.20. The van der Waals surface area contributed by atoms with Crippen molar-refractivity contribution in [2.75, 3.05) is 5.73 Å². The van der Waals surface area contributed by atoms with Crippen LogP contribution in [0.1, 0.15) is 44.3 Å². The Balaban J connectivity index is 1.61. The highest BCUT2D eigenvalue weighted by Crippen LogP contribution is 2.27. The lowest BCUT2D eigenvalue weighted by Crippen LogP contribution is -2.07. The van der Waals surface area contributed by atoms with Gasteiger partial charge in [0.1, 0.15) is 5.82 Å². The molecule has 0 unspecified atom stereocenters. The predicted molar refractivity (Wildman–Crippen MR) is 83.3 cm³/mol. The minimum absolute atomic E-state index is 0.792. The molecule has 3 heteroatoms. The SMILES string of the molecule is Nc1cccc(-c2cnc(CCC3CCCCC3)[nH]2)c1. The number of anilines is 1. The number of hydrogen-bond acceptors (Lipinski definition) is 2. The molecule has 1 aliphatic carbocycles. The maximum atomic E-state index is 5.82. The molecular weight excluding hydrogens is 246 g/mol. The van der Waals surface area contributed by atoms with Gasteiger partial charge in [-0.15, -0.1) is 0 Å². The van der Waals surface area contributed by atoms with Gasteiger partial charge in [0.2, 0.25) is 0 Å². The summed E-state index contributed by atoms with van der Waals surface area (Å²) in [7, 11) is 0. The molecule has 1 aliphatic rings. The third-order valence-electron chi connectivity index (χ3n) is 4.34. The largest absolute Gasteiger partial charge is 0.399 e. The second kappa shape index (κ2) is 6.12. The molecule has 0 spiro atoms. The second-order valence-corrected chi connectivity index (χ2v) is 5.91. The van der Waals surface area contributed by atoms with Gasteiger partial charge in [-0.25, -0.2) is 4.98 Å². The molecule has 2 aromatic rings. The van der Waals surface area contributed by atoms with Crippen LogP contribution < -0.4 is 5.73 Å². The van der Waals surface area contributed by atoms with Gasteiger partial charge in [-0.05, 0) is 24.5 Å². The average Bonchev–Trinajstić information content (AvgIpc) is 2.95. The summed E-state index contributed by atoms with van der Waals surface area (Å²) < 4.78 is 0. The van der Waals surface area contributed by atoms with E-state index < -0.39 is 0 Å².